The van der Waals surface area contributed by atoms with Gasteiger partial charge < -0.3 is 14.5 Å². The second-order valence-electron chi connectivity index (χ2n) is 5.91. The van der Waals surface area contributed by atoms with Gasteiger partial charge in [-0.3, -0.25) is 0 Å². The summed E-state index contributed by atoms with van der Waals surface area (Å²) in [5.74, 6) is 0. The summed E-state index contributed by atoms with van der Waals surface area (Å²) in [6, 6.07) is 10.0. The lowest BCUT2D eigenvalue weighted by molar-refractivity contribution is -0.115. The Morgan fingerprint density at radius 1 is 1.15 bits per heavy atom. The predicted octanol–water partition coefficient (Wildman–Crippen LogP) is 1.86. The molecule has 0 aromatic heterocycles. The number of nitrogens with zero attached hydrogens (tertiary/aromatic N) is 3. The van der Waals surface area contributed by atoms with Crippen LogP contribution in [0.1, 0.15) is 18.4 Å². The molecular weight excluding hydrogens is 250 g/mol. The Balaban J connectivity index is 1.64. The average molecular weight is 271 g/mol. The highest BCUT2D eigenvalue weighted by Gasteiger charge is 2.38. The SMILES string of the molecule is CN1CCOC2(CCN(c3ccc(C#N)cc3)CC2)C1. The molecule has 106 valence electrons. The van der Waals surface area contributed by atoms with Crippen LogP contribution in [-0.4, -0.2) is 50.3 Å². The first-order valence-corrected chi connectivity index (χ1v) is 7.28. The normalized spacial score (nSPS) is 22.7. The summed E-state index contributed by atoms with van der Waals surface area (Å²) in [5.41, 5.74) is 2.00. The van der Waals surface area contributed by atoms with Gasteiger partial charge in [0.05, 0.1) is 23.8 Å². The smallest absolute Gasteiger partial charge is 0.0991 e. The van der Waals surface area contributed by atoms with E-state index in [1.54, 1.807) is 0 Å². The van der Waals surface area contributed by atoms with Crippen LogP contribution in [0.25, 0.3) is 0 Å². The number of rotatable bonds is 1. The Hall–Kier alpha value is -1.57. The van der Waals surface area contributed by atoms with Gasteiger partial charge >= 0.3 is 0 Å². The van der Waals surface area contributed by atoms with Crippen LogP contribution < -0.4 is 4.90 Å². The van der Waals surface area contributed by atoms with E-state index >= 15 is 0 Å². The zero-order chi connectivity index (χ0) is 14.0. The lowest BCUT2D eigenvalue weighted by Gasteiger charge is -2.47. The molecule has 0 radical (unpaired) electrons. The van der Waals surface area contributed by atoms with Gasteiger partial charge in [0.2, 0.25) is 0 Å². The van der Waals surface area contributed by atoms with Gasteiger partial charge in [0, 0.05) is 31.9 Å². The lowest BCUT2D eigenvalue weighted by Crippen LogP contribution is -2.56. The molecule has 0 unspecified atom stereocenters. The molecule has 2 heterocycles. The summed E-state index contributed by atoms with van der Waals surface area (Å²) < 4.78 is 6.09. The van der Waals surface area contributed by atoms with Gasteiger partial charge in [-0.15, -0.1) is 0 Å². The van der Waals surface area contributed by atoms with Gasteiger partial charge in [-0.25, -0.2) is 0 Å². The number of benzene rings is 1. The molecule has 20 heavy (non-hydrogen) atoms. The van der Waals surface area contributed by atoms with Crippen LogP contribution in [0.15, 0.2) is 24.3 Å². The van der Waals surface area contributed by atoms with E-state index in [1.807, 2.05) is 24.3 Å². The van der Waals surface area contributed by atoms with Crippen LogP contribution >= 0.6 is 0 Å². The van der Waals surface area contributed by atoms with Crippen molar-refractivity contribution in [2.45, 2.75) is 18.4 Å². The van der Waals surface area contributed by atoms with E-state index in [-0.39, 0.29) is 5.60 Å². The molecule has 0 aliphatic carbocycles. The third-order valence-corrected chi connectivity index (χ3v) is 4.48. The Labute approximate surface area is 120 Å². The van der Waals surface area contributed by atoms with E-state index < -0.39 is 0 Å². The Bertz CT molecular complexity index is 497. The van der Waals surface area contributed by atoms with E-state index in [4.69, 9.17) is 10.00 Å². The van der Waals surface area contributed by atoms with Gasteiger partial charge in [-0.1, -0.05) is 0 Å². The largest absolute Gasteiger partial charge is 0.372 e. The molecule has 0 atom stereocenters. The van der Waals surface area contributed by atoms with Crippen LogP contribution in [0.4, 0.5) is 5.69 Å². The number of ether oxygens (including phenoxy) is 1. The number of likely N-dealkylation sites (N-methyl/N-ethyl adjacent to an activating group) is 1. The summed E-state index contributed by atoms with van der Waals surface area (Å²) in [6.45, 7) is 5.00. The lowest BCUT2D eigenvalue weighted by atomic mass is 9.89. The molecule has 0 amide bonds. The molecule has 3 rings (SSSR count). The highest BCUT2D eigenvalue weighted by Crippen LogP contribution is 2.31. The summed E-state index contributed by atoms with van der Waals surface area (Å²) in [4.78, 5) is 4.77. The average Bonchev–Trinajstić information content (AvgIpc) is 2.48. The molecule has 0 bridgehead atoms. The minimum atomic E-state index is 0.0656. The van der Waals surface area contributed by atoms with E-state index in [2.05, 4.69) is 22.9 Å². The van der Waals surface area contributed by atoms with E-state index in [0.29, 0.717) is 0 Å². The van der Waals surface area contributed by atoms with E-state index in [0.717, 1.165) is 51.2 Å². The van der Waals surface area contributed by atoms with Crippen molar-refractivity contribution in [3.05, 3.63) is 29.8 Å². The molecule has 4 nitrogen and oxygen atoms in total. The van der Waals surface area contributed by atoms with Crippen molar-refractivity contribution in [2.24, 2.45) is 0 Å². The molecule has 4 heteroatoms. The van der Waals surface area contributed by atoms with Gasteiger partial charge in [0.25, 0.3) is 0 Å². The van der Waals surface area contributed by atoms with Crippen molar-refractivity contribution in [2.75, 3.05) is 44.7 Å². The summed E-state index contributed by atoms with van der Waals surface area (Å²) in [5, 5.41) is 8.84. The van der Waals surface area contributed by atoms with Gasteiger partial charge in [0.15, 0.2) is 0 Å². The minimum absolute atomic E-state index is 0.0656. The molecular formula is C16H21N3O. The maximum absolute atomic E-state index is 8.84. The standard InChI is InChI=1S/C16H21N3O/c1-18-10-11-20-16(13-18)6-8-19(9-7-16)15-4-2-14(12-17)3-5-15/h2-5H,6-11,13H2,1H3. The maximum Gasteiger partial charge on any atom is 0.0991 e. The second kappa shape index (κ2) is 5.43. The zero-order valence-electron chi connectivity index (χ0n) is 12.0. The number of morpholine rings is 1. The number of hydrogen-bond acceptors (Lipinski definition) is 4. The van der Waals surface area contributed by atoms with Crippen molar-refractivity contribution >= 4 is 5.69 Å². The van der Waals surface area contributed by atoms with Crippen molar-refractivity contribution in [3.63, 3.8) is 0 Å². The minimum Gasteiger partial charge on any atom is -0.372 e. The van der Waals surface area contributed by atoms with Crippen LogP contribution in [0.3, 0.4) is 0 Å². The molecule has 2 aliphatic heterocycles. The van der Waals surface area contributed by atoms with Crippen molar-refractivity contribution in [3.8, 4) is 6.07 Å². The van der Waals surface area contributed by atoms with Crippen LogP contribution in [0, 0.1) is 11.3 Å². The molecule has 1 aromatic rings. The number of hydrogen-bond donors (Lipinski definition) is 0. The zero-order valence-corrected chi connectivity index (χ0v) is 12.0. The maximum atomic E-state index is 8.84. The van der Waals surface area contributed by atoms with E-state index in [1.165, 1.54) is 5.69 Å². The topological polar surface area (TPSA) is 39.5 Å². The van der Waals surface area contributed by atoms with Gasteiger partial charge in [-0.05, 0) is 44.2 Å². The van der Waals surface area contributed by atoms with Crippen LogP contribution in [0.2, 0.25) is 0 Å². The first kappa shape index (κ1) is 13.4. The highest BCUT2D eigenvalue weighted by atomic mass is 16.5. The van der Waals surface area contributed by atoms with Gasteiger partial charge in [0.1, 0.15) is 0 Å². The van der Waals surface area contributed by atoms with Crippen LogP contribution in [-0.2, 0) is 4.74 Å². The fourth-order valence-electron chi connectivity index (χ4n) is 3.26. The second-order valence-corrected chi connectivity index (χ2v) is 5.91. The molecule has 0 saturated carbocycles. The molecule has 1 spiro atoms. The molecule has 2 aliphatic rings. The fraction of sp³-hybridized carbons (Fsp3) is 0.562. The molecule has 2 fully saturated rings. The van der Waals surface area contributed by atoms with Crippen molar-refractivity contribution in [1.82, 2.24) is 4.90 Å². The number of nitriles is 1. The quantitative estimate of drug-likeness (QED) is 0.781. The van der Waals surface area contributed by atoms with E-state index in [9.17, 15) is 0 Å². The summed E-state index contributed by atoms with van der Waals surface area (Å²) in [7, 11) is 2.18. The van der Waals surface area contributed by atoms with Crippen LogP contribution in [0.5, 0.6) is 0 Å². The van der Waals surface area contributed by atoms with Crippen molar-refractivity contribution in [1.29, 1.82) is 5.26 Å². The third-order valence-electron chi connectivity index (χ3n) is 4.48. The fourth-order valence-corrected chi connectivity index (χ4v) is 3.26. The first-order chi connectivity index (χ1) is 9.71. The predicted molar refractivity (Wildman–Crippen MR) is 78.8 cm³/mol. The first-order valence-electron chi connectivity index (χ1n) is 7.28. The molecule has 2 saturated heterocycles. The highest BCUT2D eigenvalue weighted by molar-refractivity contribution is 5.50. The Kier molecular flexibility index (Phi) is 3.64. The van der Waals surface area contributed by atoms with Gasteiger partial charge in [-0.2, -0.15) is 5.26 Å². The number of anilines is 1. The number of piperidine rings is 1. The molecule has 0 N–H and O–H groups in total. The molecule has 1 aromatic carbocycles. The summed E-state index contributed by atoms with van der Waals surface area (Å²) in [6.07, 6.45) is 2.16. The third kappa shape index (κ3) is 2.65. The Morgan fingerprint density at radius 3 is 2.45 bits per heavy atom. The monoisotopic (exact) mass is 271 g/mol. The Morgan fingerprint density at radius 2 is 1.85 bits per heavy atom. The summed E-state index contributed by atoms with van der Waals surface area (Å²) >= 11 is 0. The van der Waals surface area contributed by atoms with Crippen molar-refractivity contribution < 1.29 is 4.74 Å².